The number of allylic oxidation sites excluding steroid dienone is 1. The van der Waals surface area contributed by atoms with Crippen molar-refractivity contribution < 1.29 is 31.6 Å². The number of ketones is 1. The van der Waals surface area contributed by atoms with E-state index in [9.17, 15) is 22.9 Å². The monoisotopic (exact) mass is 659 g/mol. The maximum Gasteiger partial charge on any atom is 0.215 e. The van der Waals surface area contributed by atoms with Crippen molar-refractivity contribution in [2.24, 2.45) is 16.6 Å². The molecule has 0 aliphatic carbocycles. The first-order chi connectivity index (χ1) is 20.5. The molecule has 0 saturated heterocycles. The van der Waals surface area contributed by atoms with Crippen LogP contribution in [0.4, 0.5) is 11.4 Å². The number of rotatable bonds is 11. The number of hydrogen-bond donors (Lipinski definition) is 6. The van der Waals surface area contributed by atoms with E-state index in [1.165, 1.54) is 35.5 Å². The minimum absolute atomic E-state index is 0.0124. The van der Waals surface area contributed by atoms with Crippen LogP contribution in [-0.4, -0.2) is 51.1 Å². The van der Waals surface area contributed by atoms with Crippen LogP contribution in [0.3, 0.4) is 0 Å². The maximum atomic E-state index is 13.4. The normalized spacial score (nSPS) is 13.4. The fourth-order valence-corrected chi connectivity index (χ4v) is 6.50. The zero-order valence-electron chi connectivity index (χ0n) is 22.1. The highest BCUT2D eigenvalue weighted by Crippen LogP contribution is 2.39. The van der Waals surface area contributed by atoms with Crippen molar-refractivity contribution >= 4 is 80.6 Å². The van der Waals surface area contributed by atoms with Gasteiger partial charge in [-0.2, -0.15) is 0 Å². The van der Waals surface area contributed by atoms with E-state index < -0.39 is 9.84 Å². The Kier molecular flexibility index (Phi) is 9.10. The third-order valence-corrected chi connectivity index (χ3v) is 9.35. The number of aromatic hydroxyl groups is 1. The van der Waals surface area contributed by atoms with Crippen LogP contribution in [0.2, 0.25) is 0 Å². The van der Waals surface area contributed by atoms with Gasteiger partial charge in [0.15, 0.2) is 27.9 Å². The van der Waals surface area contributed by atoms with Gasteiger partial charge in [-0.05, 0) is 60.7 Å². The summed E-state index contributed by atoms with van der Waals surface area (Å²) >= 11 is 4.94. The number of sulfone groups is 1. The molecule has 43 heavy (non-hydrogen) atoms. The molecular weight excluding hydrogens is 635 g/mol. The third kappa shape index (κ3) is 6.27. The lowest BCUT2D eigenvalue weighted by atomic mass is 10.1. The summed E-state index contributed by atoms with van der Waals surface area (Å²) in [5.74, 6) is 5.32. The largest absolute Gasteiger partial charge is 0.505 e. The number of fused-ring (bicyclic) bond motifs is 2. The average Bonchev–Trinajstić information content (AvgIpc) is 3.44. The molecule has 5 rings (SSSR count). The number of thiol groups is 1. The lowest BCUT2D eigenvalue weighted by molar-refractivity contribution is 0.106. The van der Waals surface area contributed by atoms with Crippen LogP contribution >= 0.6 is 37.0 Å². The lowest BCUT2D eigenvalue weighted by Gasteiger charge is -2.17. The van der Waals surface area contributed by atoms with Crippen LogP contribution < -0.4 is 16.6 Å². The Morgan fingerprint density at radius 3 is 2.56 bits per heavy atom. The van der Waals surface area contributed by atoms with Gasteiger partial charge in [0.2, 0.25) is 5.78 Å². The first-order valence-corrected chi connectivity index (χ1v) is 16.0. The second-order valence-corrected chi connectivity index (χ2v) is 13.0. The van der Waals surface area contributed by atoms with Crippen LogP contribution in [-0.2, 0) is 20.6 Å². The fraction of sp³-hybridized carbons (Fsp3) is 0.111. The van der Waals surface area contributed by atoms with Gasteiger partial charge in [-0.15, -0.1) is 12.6 Å². The molecule has 224 valence electrons. The number of carbonyl (C=O) groups excluding carboxylic acids is 1. The molecule has 1 aliphatic heterocycles. The van der Waals surface area contributed by atoms with Gasteiger partial charge in [-0.3, -0.25) is 14.0 Å². The van der Waals surface area contributed by atoms with Gasteiger partial charge in [-0.1, -0.05) is 0 Å². The first-order valence-electron chi connectivity index (χ1n) is 12.4. The summed E-state index contributed by atoms with van der Waals surface area (Å²) in [4.78, 5) is 19.0. The summed E-state index contributed by atoms with van der Waals surface area (Å²) in [6.45, 7) is -0.193. The predicted octanol–water partition coefficient (Wildman–Crippen LogP) is 4.61. The molecule has 3 aromatic carbocycles. The van der Waals surface area contributed by atoms with Crippen molar-refractivity contribution in [1.29, 1.82) is 0 Å². The van der Waals surface area contributed by atoms with Crippen molar-refractivity contribution in [2.75, 3.05) is 17.4 Å². The Morgan fingerprint density at radius 2 is 1.86 bits per heavy atom. The molecule has 12 nitrogen and oxygen atoms in total. The SMILES string of the molecule is N/C(=C\N(N)c1ccc(S(=O)(=O)CCOSO)cc1)Cn1c(C2=Nc3ccc(S)cc3C2=O)c(O)c2cc(SO)ccc21. The summed E-state index contributed by atoms with van der Waals surface area (Å²) < 4.78 is 49.4. The zero-order valence-corrected chi connectivity index (χ0v) is 25.5. The number of benzene rings is 3. The predicted molar refractivity (Wildman–Crippen MR) is 170 cm³/mol. The molecule has 0 fully saturated rings. The molecule has 0 radical (unpaired) electrons. The van der Waals surface area contributed by atoms with Crippen LogP contribution in [0.25, 0.3) is 10.9 Å². The molecule has 0 spiro atoms. The van der Waals surface area contributed by atoms with Gasteiger partial charge in [0, 0.05) is 39.1 Å². The highest BCUT2D eigenvalue weighted by atomic mass is 32.2. The van der Waals surface area contributed by atoms with E-state index in [0.29, 0.717) is 49.7 Å². The van der Waals surface area contributed by atoms with E-state index in [2.05, 4.69) is 21.8 Å². The van der Waals surface area contributed by atoms with Crippen LogP contribution in [0, 0.1) is 0 Å². The van der Waals surface area contributed by atoms with Gasteiger partial charge >= 0.3 is 0 Å². The van der Waals surface area contributed by atoms with Gasteiger partial charge in [0.05, 0.1) is 46.3 Å². The van der Waals surface area contributed by atoms with Crippen molar-refractivity contribution in [3.63, 3.8) is 0 Å². The Hall–Kier alpha value is -3.48. The number of anilines is 1. The van der Waals surface area contributed by atoms with Crippen molar-refractivity contribution in [3.8, 4) is 5.75 Å². The van der Waals surface area contributed by atoms with E-state index in [-0.39, 0.29) is 64.8 Å². The second-order valence-electron chi connectivity index (χ2n) is 9.37. The average molecular weight is 660 g/mol. The fourth-order valence-electron chi connectivity index (χ4n) is 4.64. The molecule has 0 amide bonds. The number of hydrazine groups is 1. The minimum Gasteiger partial charge on any atom is -0.505 e. The van der Waals surface area contributed by atoms with Gasteiger partial charge in [-0.25, -0.2) is 19.3 Å². The summed E-state index contributed by atoms with van der Waals surface area (Å²) in [7, 11) is -3.64. The number of nitrogens with two attached hydrogens (primary N) is 2. The molecule has 4 aromatic rings. The van der Waals surface area contributed by atoms with Gasteiger partial charge in [0.25, 0.3) is 0 Å². The number of aromatic nitrogens is 1. The van der Waals surface area contributed by atoms with Crippen LogP contribution in [0.15, 0.2) is 92.2 Å². The van der Waals surface area contributed by atoms with Crippen LogP contribution in [0.5, 0.6) is 5.75 Å². The van der Waals surface area contributed by atoms with E-state index in [1.54, 1.807) is 41.0 Å². The summed E-state index contributed by atoms with van der Waals surface area (Å²) in [6, 6.07) is 15.7. The van der Waals surface area contributed by atoms with Crippen molar-refractivity contribution in [1.82, 2.24) is 4.57 Å². The van der Waals surface area contributed by atoms with Crippen LogP contribution in [0.1, 0.15) is 16.1 Å². The van der Waals surface area contributed by atoms with Gasteiger partial charge < -0.3 is 24.5 Å². The number of hydrogen-bond acceptors (Lipinski definition) is 14. The molecule has 0 atom stereocenters. The number of nitrogens with zero attached hydrogens (tertiary/aromatic N) is 3. The van der Waals surface area contributed by atoms with E-state index in [4.69, 9.17) is 16.1 Å². The van der Waals surface area contributed by atoms with Gasteiger partial charge in [0.1, 0.15) is 11.4 Å². The van der Waals surface area contributed by atoms with E-state index in [0.717, 1.165) is 0 Å². The zero-order chi connectivity index (χ0) is 30.9. The molecule has 1 aromatic heterocycles. The van der Waals surface area contributed by atoms with E-state index >= 15 is 0 Å². The molecule has 0 saturated carbocycles. The van der Waals surface area contributed by atoms with Crippen molar-refractivity contribution in [3.05, 3.63) is 83.8 Å². The summed E-state index contributed by atoms with van der Waals surface area (Å²) in [5.41, 5.74) is 8.57. The quantitative estimate of drug-likeness (QED) is 0.0431. The highest BCUT2D eigenvalue weighted by Gasteiger charge is 2.32. The first kappa shape index (κ1) is 31.0. The molecule has 16 heteroatoms. The number of aliphatic imine (C=N–C) groups is 1. The molecular formula is C27H25N5O7S4. The second kappa shape index (κ2) is 12.6. The van der Waals surface area contributed by atoms with Crippen molar-refractivity contribution in [2.45, 2.75) is 21.2 Å². The Labute approximate surface area is 260 Å². The maximum absolute atomic E-state index is 13.4. The Morgan fingerprint density at radius 1 is 1.12 bits per heavy atom. The topological polar surface area (TPSA) is 194 Å². The minimum atomic E-state index is -3.64. The molecule has 1 aliphatic rings. The third-order valence-electron chi connectivity index (χ3n) is 6.64. The smallest absolute Gasteiger partial charge is 0.215 e. The number of carbonyl (C=O) groups is 1. The summed E-state index contributed by atoms with van der Waals surface area (Å²) in [5, 5.41) is 12.9. The molecule has 2 heterocycles. The lowest BCUT2D eigenvalue weighted by Crippen LogP contribution is -2.27. The Balaban J connectivity index is 1.47. The van der Waals surface area contributed by atoms with E-state index in [1.807, 2.05) is 0 Å². The molecule has 0 bridgehead atoms. The molecule has 7 N–H and O–H groups in total. The Bertz CT molecular complexity index is 1890. The summed E-state index contributed by atoms with van der Waals surface area (Å²) in [6.07, 6.45) is 1.43. The molecule has 0 unspecified atom stereocenters. The standard InChI is InChI=1S/C27H25N5O7S4/c28-15(14-32(29)16-1-5-19(6-2-16)43(37,38)10-9-39-42-36)13-31-23-8-4-18(41-35)12-21(23)27(34)25(31)24-26(33)20-11-17(40)3-7-22(20)30-24/h1-8,11-12,14,34-36,40H,9-10,13,28-29H2/b15-14-. The number of Topliss-reactive ketones (excluding diaryl/α,β-unsaturated/α-hetero) is 1. The highest BCUT2D eigenvalue weighted by molar-refractivity contribution is 7.93.